The number of hydrogen-bond donors (Lipinski definition) is 1. The minimum absolute atomic E-state index is 0.225. The Balaban J connectivity index is 1.33. The van der Waals surface area contributed by atoms with Crippen LogP contribution in [0, 0.1) is 0 Å². The van der Waals surface area contributed by atoms with Gasteiger partial charge in [-0.1, -0.05) is 43.9 Å². The Hall–Kier alpha value is -2.30. The standard InChI is InChI=1S/C29H37ClN4O3S2/c1-2-3-4-7-18-33(22-25-8-5-6-17-31-25)26-15-19-34(20-16-26)39(36,37)28-14-13-27(38-28)21-32-29(35)23-9-11-24(30)12-10-23/h5-6,8-14,17,26H,2-4,7,15-16,18-22H2,1H3,(H,32,35). The van der Waals surface area contributed by atoms with E-state index in [1.165, 1.54) is 30.6 Å². The number of nitrogens with one attached hydrogen (secondary N) is 1. The van der Waals surface area contributed by atoms with E-state index in [0.29, 0.717) is 33.9 Å². The molecule has 1 aliphatic heterocycles. The predicted octanol–water partition coefficient (Wildman–Crippen LogP) is 5.96. The molecule has 0 atom stereocenters. The summed E-state index contributed by atoms with van der Waals surface area (Å²) in [5.41, 5.74) is 1.56. The van der Waals surface area contributed by atoms with Crippen LogP contribution in [0.3, 0.4) is 0 Å². The first kappa shape index (κ1) is 29.7. The normalized spacial score (nSPS) is 15.1. The van der Waals surface area contributed by atoms with Crippen LogP contribution < -0.4 is 5.32 Å². The zero-order valence-electron chi connectivity index (χ0n) is 22.4. The molecule has 1 saturated heterocycles. The lowest BCUT2D eigenvalue weighted by Crippen LogP contribution is -2.46. The van der Waals surface area contributed by atoms with Crippen molar-refractivity contribution >= 4 is 38.9 Å². The molecule has 1 aliphatic rings. The van der Waals surface area contributed by atoms with E-state index < -0.39 is 10.0 Å². The van der Waals surface area contributed by atoms with Crippen molar-refractivity contribution in [3.05, 3.63) is 82.0 Å². The maximum absolute atomic E-state index is 13.4. The lowest BCUT2D eigenvalue weighted by atomic mass is 10.0. The van der Waals surface area contributed by atoms with Crippen molar-refractivity contribution in [1.82, 2.24) is 19.5 Å². The van der Waals surface area contributed by atoms with Gasteiger partial charge in [-0.05, 0) is 74.3 Å². The molecule has 0 radical (unpaired) electrons. The molecule has 2 aromatic heterocycles. The van der Waals surface area contributed by atoms with Gasteiger partial charge in [-0.3, -0.25) is 14.7 Å². The number of thiophene rings is 1. The summed E-state index contributed by atoms with van der Waals surface area (Å²) in [5, 5.41) is 3.42. The summed E-state index contributed by atoms with van der Waals surface area (Å²) in [7, 11) is -3.58. The summed E-state index contributed by atoms with van der Waals surface area (Å²) < 4.78 is 28.8. The lowest BCUT2D eigenvalue weighted by molar-refractivity contribution is 0.0951. The second-order valence-corrected chi connectivity index (χ2v) is 13.7. The van der Waals surface area contributed by atoms with Crippen LogP contribution in [0.25, 0.3) is 0 Å². The number of piperidine rings is 1. The van der Waals surface area contributed by atoms with E-state index in [4.69, 9.17) is 11.6 Å². The monoisotopic (exact) mass is 588 g/mol. The first-order chi connectivity index (χ1) is 18.9. The fourth-order valence-corrected chi connectivity index (χ4v) is 7.92. The molecule has 3 aromatic rings. The summed E-state index contributed by atoms with van der Waals surface area (Å²) >= 11 is 7.10. The highest BCUT2D eigenvalue weighted by molar-refractivity contribution is 7.91. The van der Waals surface area contributed by atoms with Gasteiger partial charge in [0, 0.05) is 47.3 Å². The topological polar surface area (TPSA) is 82.6 Å². The van der Waals surface area contributed by atoms with E-state index in [1.807, 2.05) is 18.3 Å². The first-order valence-electron chi connectivity index (χ1n) is 13.6. The highest BCUT2D eigenvalue weighted by atomic mass is 35.5. The molecule has 4 rings (SSSR count). The molecule has 1 aromatic carbocycles. The molecule has 39 heavy (non-hydrogen) atoms. The Labute approximate surface area is 241 Å². The second kappa shape index (κ2) is 14.4. The summed E-state index contributed by atoms with van der Waals surface area (Å²) in [5.74, 6) is -0.225. The minimum Gasteiger partial charge on any atom is -0.347 e. The molecule has 1 fully saturated rings. The van der Waals surface area contributed by atoms with Crippen LogP contribution >= 0.6 is 22.9 Å². The molecule has 0 aliphatic carbocycles. The number of rotatable bonds is 13. The summed E-state index contributed by atoms with van der Waals surface area (Å²) in [6, 6.07) is 16.4. The quantitative estimate of drug-likeness (QED) is 0.249. The van der Waals surface area contributed by atoms with Gasteiger partial charge in [0.1, 0.15) is 4.21 Å². The van der Waals surface area contributed by atoms with Gasteiger partial charge in [0.15, 0.2) is 0 Å². The fraction of sp³-hybridized carbons (Fsp3) is 0.448. The number of pyridine rings is 1. The number of halogens is 1. The largest absolute Gasteiger partial charge is 0.347 e. The molecule has 1 N–H and O–H groups in total. The van der Waals surface area contributed by atoms with Crippen LogP contribution in [0.2, 0.25) is 5.02 Å². The number of unbranched alkanes of at least 4 members (excludes halogenated alkanes) is 3. The van der Waals surface area contributed by atoms with E-state index in [-0.39, 0.29) is 12.5 Å². The Kier molecular flexibility index (Phi) is 10.9. The molecule has 1 amide bonds. The van der Waals surface area contributed by atoms with E-state index in [2.05, 4.69) is 28.2 Å². The molecule has 0 unspecified atom stereocenters. The van der Waals surface area contributed by atoms with Gasteiger partial charge in [0.25, 0.3) is 15.9 Å². The maximum Gasteiger partial charge on any atom is 0.252 e. The SMILES string of the molecule is CCCCCCN(Cc1ccccn1)C1CCN(S(=O)(=O)c2ccc(CNC(=O)c3ccc(Cl)cc3)s2)CC1. The van der Waals surface area contributed by atoms with E-state index in [0.717, 1.165) is 42.9 Å². The van der Waals surface area contributed by atoms with Gasteiger partial charge >= 0.3 is 0 Å². The number of sulfonamides is 1. The number of hydrogen-bond acceptors (Lipinski definition) is 6. The Bertz CT molecular complexity index is 1290. The van der Waals surface area contributed by atoms with Crippen molar-refractivity contribution in [3.8, 4) is 0 Å². The highest BCUT2D eigenvalue weighted by Gasteiger charge is 2.32. The van der Waals surface area contributed by atoms with Crippen LogP contribution in [0.15, 0.2) is 65.0 Å². The van der Waals surface area contributed by atoms with Crippen LogP contribution in [0.4, 0.5) is 0 Å². The van der Waals surface area contributed by atoms with Crippen molar-refractivity contribution in [2.45, 2.75) is 68.8 Å². The van der Waals surface area contributed by atoms with Crippen molar-refractivity contribution in [2.75, 3.05) is 19.6 Å². The van der Waals surface area contributed by atoms with Crippen LogP contribution in [-0.4, -0.2) is 54.2 Å². The Morgan fingerprint density at radius 3 is 2.54 bits per heavy atom. The molecular formula is C29H37ClN4O3S2. The Morgan fingerprint density at radius 1 is 1.08 bits per heavy atom. The van der Waals surface area contributed by atoms with Gasteiger partial charge in [-0.15, -0.1) is 11.3 Å². The average Bonchev–Trinajstić information content (AvgIpc) is 3.45. The highest BCUT2D eigenvalue weighted by Crippen LogP contribution is 2.29. The summed E-state index contributed by atoms with van der Waals surface area (Å²) in [4.78, 5) is 20.2. The summed E-state index contributed by atoms with van der Waals surface area (Å²) in [6.45, 7) is 5.28. The zero-order chi connectivity index (χ0) is 27.7. The van der Waals surface area contributed by atoms with Crippen molar-refractivity contribution in [3.63, 3.8) is 0 Å². The van der Waals surface area contributed by atoms with Crippen molar-refractivity contribution < 1.29 is 13.2 Å². The van der Waals surface area contributed by atoms with Gasteiger partial charge in [0.2, 0.25) is 0 Å². The lowest BCUT2D eigenvalue weighted by Gasteiger charge is -2.38. The fourth-order valence-electron chi connectivity index (χ4n) is 4.87. The van der Waals surface area contributed by atoms with E-state index in [1.54, 1.807) is 40.7 Å². The van der Waals surface area contributed by atoms with E-state index in [9.17, 15) is 13.2 Å². The number of benzene rings is 1. The third-order valence-electron chi connectivity index (χ3n) is 7.09. The maximum atomic E-state index is 13.4. The minimum atomic E-state index is -3.58. The smallest absolute Gasteiger partial charge is 0.252 e. The van der Waals surface area contributed by atoms with Crippen molar-refractivity contribution in [1.29, 1.82) is 0 Å². The molecule has 10 heteroatoms. The molecule has 0 spiro atoms. The van der Waals surface area contributed by atoms with Crippen LogP contribution in [0.5, 0.6) is 0 Å². The molecule has 0 bridgehead atoms. The number of carbonyl (C=O) groups is 1. The third-order valence-corrected chi connectivity index (χ3v) is 10.8. The molecule has 0 saturated carbocycles. The number of carbonyl (C=O) groups excluding carboxylic acids is 1. The number of amides is 1. The second-order valence-electron chi connectivity index (χ2n) is 9.90. The van der Waals surface area contributed by atoms with Gasteiger partial charge < -0.3 is 5.32 Å². The molecule has 210 valence electrons. The molecule has 7 nitrogen and oxygen atoms in total. The van der Waals surface area contributed by atoms with Crippen molar-refractivity contribution in [2.24, 2.45) is 0 Å². The van der Waals surface area contributed by atoms with Crippen LogP contribution in [-0.2, 0) is 23.1 Å². The third kappa shape index (κ3) is 8.35. The van der Waals surface area contributed by atoms with Crippen LogP contribution in [0.1, 0.15) is 66.4 Å². The number of nitrogens with zero attached hydrogens (tertiary/aromatic N) is 3. The average molecular weight is 589 g/mol. The van der Waals surface area contributed by atoms with E-state index >= 15 is 0 Å². The van der Waals surface area contributed by atoms with Gasteiger partial charge in [-0.2, -0.15) is 4.31 Å². The summed E-state index contributed by atoms with van der Waals surface area (Å²) in [6.07, 6.45) is 8.23. The Morgan fingerprint density at radius 2 is 1.85 bits per heavy atom. The van der Waals surface area contributed by atoms with Gasteiger partial charge in [0.05, 0.1) is 12.2 Å². The molecule has 3 heterocycles. The predicted molar refractivity (Wildman–Crippen MR) is 158 cm³/mol. The van der Waals surface area contributed by atoms with Gasteiger partial charge in [-0.25, -0.2) is 8.42 Å². The molecular weight excluding hydrogens is 552 g/mol. The number of aromatic nitrogens is 1. The zero-order valence-corrected chi connectivity index (χ0v) is 24.8. The first-order valence-corrected chi connectivity index (χ1v) is 16.3.